The molecule has 1 heterocycles. The van der Waals surface area contributed by atoms with Gasteiger partial charge in [-0.25, -0.2) is 0 Å². The fraction of sp³-hybridized carbons (Fsp3) is 1.00. The summed E-state index contributed by atoms with van der Waals surface area (Å²) in [6.07, 6.45) is 5.58. The largest absolute Gasteiger partial charge is 0.157 e. The highest BCUT2D eigenvalue weighted by molar-refractivity contribution is 8.07. The summed E-state index contributed by atoms with van der Waals surface area (Å²) in [5.74, 6) is 2.77. The first-order valence-corrected chi connectivity index (χ1v) is 7.21. The summed E-state index contributed by atoms with van der Waals surface area (Å²) in [6.45, 7) is 4.62. The molecule has 12 heavy (non-hydrogen) atoms. The highest BCUT2D eigenvalue weighted by atomic mass is 32.2. The van der Waals surface area contributed by atoms with Crippen LogP contribution in [0.15, 0.2) is 0 Å². The summed E-state index contributed by atoms with van der Waals surface area (Å²) < 4.78 is 0. The molecule has 1 saturated heterocycles. The molecule has 0 N–H and O–H groups in total. The van der Waals surface area contributed by atoms with Crippen molar-refractivity contribution in [1.29, 1.82) is 0 Å². The third-order valence-corrected chi connectivity index (χ3v) is 5.60. The standard InChI is InChI=1S/C10H20S2/c1-3-5-9-10(6-4-2)12-8-7-11-9/h9-10H,3-8H2,1-2H3/t9-,10-/m0/s1. The summed E-state index contributed by atoms with van der Waals surface area (Å²) in [6, 6.07) is 0. The Labute approximate surface area is 85.3 Å². The quantitative estimate of drug-likeness (QED) is 0.683. The van der Waals surface area contributed by atoms with Crippen molar-refractivity contribution >= 4 is 23.5 Å². The van der Waals surface area contributed by atoms with Crippen LogP contribution >= 0.6 is 23.5 Å². The molecule has 0 bridgehead atoms. The zero-order valence-electron chi connectivity index (χ0n) is 8.21. The molecule has 0 aliphatic carbocycles. The van der Waals surface area contributed by atoms with E-state index in [1.54, 1.807) is 0 Å². The molecule has 2 atom stereocenters. The Hall–Kier alpha value is 0.700. The predicted molar refractivity (Wildman–Crippen MR) is 62.3 cm³/mol. The van der Waals surface area contributed by atoms with Crippen LogP contribution in [0.5, 0.6) is 0 Å². The summed E-state index contributed by atoms with van der Waals surface area (Å²) in [5.41, 5.74) is 0. The minimum Gasteiger partial charge on any atom is -0.157 e. The van der Waals surface area contributed by atoms with Gasteiger partial charge in [0.1, 0.15) is 0 Å². The van der Waals surface area contributed by atoms with Crippen molar-refractivity contribution in [2.45, 2.75) is 50.0 Å². The van der Waals surface area contributed by atoms with Gasteiger partial charge in [-0.3, -0.25) is 0 Å². The Morgan fingerprint density at radius 2 is 1.33 bits per heavy atom. The van der Waals surface area contributed by atoms with E-state index < -0.39 is 0 Å². The number of rotatable bonds is 4. The normalized spacial score (nSPS) is 30.5. The van der Waals surface area contributed by atoms with Crippen molar-refractivity contribution in [1.82, 2.24) is 0 Å². The third-order valence-electron chi connectivity index (χ3n) is 2.31. The van der Waals surface area contributed by atoms with Gasteiger partial charge in [0.25, 0.3) is 0 Å². The van der Waals surface area contributed by atoms with Crippen molar-refractivity contribution < 1.29 is 0 Å². The molecule has 0 amide bonds. The zero-order valence-corrected chi connectivity index (χ0v) is 9.85. The molecule has 1 aliphatic heterocycles. The van der Waals surface area contributed by atoms with E-state index in [9.17, 15) is 0 Å². The Bertz CT molecular complexity index is 96.4. The van der Waals surface area contributed by atoms with Crippen LogP contribution in [0, 0.1) is 0 Å². The zero-order chi connectivity index (χ0) is 8.81. The van der Waals surface area contributed by atoms with Gasteiger partial charge >= 0.3 is 0 Å². The molecule has 1 aliphatic rings. The first kappa shape index (κ1) is 10.8. The molecule has 0 saturated carbocycles. The van der Waals surface area contributed by atoms with Crippen molar-refractivity contribution in [3.8, 4) is 0 Å². The average Bonchev–Trinajstić information content (AvgIpc) is 2.09. The summed E-state index contributed by atoms with van der Waals surface area (Å²) in [5, 5.41) is 1.93. The second-order valence-corrected chi connectivity index (χ2v) is 6.09. The van der Waals surface area contributed by atoms with Crippen LogP contribution in [-0.2, 0) is 0 Å². The summed E-state index contributed by atoms with van der Waals surface area (Å²) in [7, 11) is 0. The van der Waals surface area contributed by atoms with Crippen molar-refractivity contribution in [3.05, 3.63) is 0 Å². The minimum atomic E-state index is 0.966. The number of thioether (sulfide) groups is 2. The summed E-state index contributed by atoms with van der Waals surface area (Å²) >= 11 is 4.43. The van der Waals surface area contributed by atoms with E-state index in [0.717, 1.165) is 10.5 Å². The van der Waals surface area contributed by atoms with Crippen molar-refractivity contribution in [2.75, 3.05) is 11.5 Å². The van der Waals surface area contributed by atoms with Crippen molar-refractivity contribution in [3.63, 3.8) is 0 Å². The number of hydrogen-bond acceptors (Lipinski definition) is 2. The molecular weight excluding hydrogens is 184 g/mol. The second kappa shape index (κ2) is 6.20. The van der Waals surface area contributed by atoms with E-state index in [1.165, 1.54) is 37.2 Å². The van der Waals surface area contributed by atoms with E-state index in [-0.39, 0.29) is 0 Å². The lowest BCUT2D eigenvalue weighted by molar-refractivity contribution is 0.651. The average molecular weight is 204 g/mol. The smallest absolute Gasteiger partial charge is 0.0166 e. The molecule has 0 radical (unpaired) electrons. The maximum atomic E-state index is 2.31. The Kier molecular flexibility index (Phi) is 5.57. The predicted octanol–water partition coefficient (Wildman–Crippen LogP) is 3.80. The molecule has 1 fully saturated rings. The van der Waals surface area contributed by atoms with Crippen LogP contribution < -0.4 is 0 Å². The van der Waals surface area contributed by atoms with Crippen LogP contribution in [0.25, 0.3) is 0 Å². The van der Waals surface area contributed by atoms with E-state index in [2.05, 4.69) is 37.4 Å². The van der Waals surface area contributed by atoms with E-state index in [1.807, 2.05) is 0 Å². The van der Waals surface area contributed by atoms with Gasteiger partial charge in [0.2, 0.25) is 0 Å². The van der Waals surface area contributed by atoms with Gasteiger partial charge in [-0.1, -0.05) is 26.7 Å². The lowest BCUT2D eigenvalue weighted by Crippen LogP contribution is -2.25. The first-order valence-electron chi connectivity index (χ1n) is 5.11. The fourth-order valence-electron chi connectivity index (χ4n) is 1.72. The maximum Gasteiger partial charge on any atom is 0.0166 e. The van der Waals surface area contributed by atoms with Gasteiger partial charge in [0, 0.05) is 22.0 Å². The fourth-order valence-corrected chi connectivity index (χ4v) is 5.07. The molecule has 0 unspecified atom stereocenters. The van der Waals surface area contributed by atoms with E-state index >= 15 is 0 Å². The monoisotopic (exact) mass is 204 g/mol. The molecule has 0 spiro atoms. The molecule has 1 rings (SSSR count). The van der Waals surface area contributed by atoms with Crippen LogP contribution in [0.1, 0.15) is 39.5 Å². The minimum absolute atomic E-state index is 0.966. The van der Waals surface area contributed by atoms with Crippen LogP contribution in [-0.4, -0.2) is 22.0 Å². The molecule has 0 nitrogen and oxygen atoms in total. The molecule has 2 heteroatoms. The topological polar surface area (TPSA) is 0 Å². The SMILES string of the molecule is CCC[C@@H]1SCCS[C@H]1CCC. The lowest BCUT2D eigenvalue weighted by atomic mass is 10.1. The molecule has 72 valence electrons. The highest BCUT2D eigenvalue weighted by Gasteiger charge is 2.24. The van der Waals surface area contributed by atoms with Crippen molar-refractivity contribution in [2.24, 2.45) is 0 Å². The second-order valence-electron chi connectivity index (χ2n) is 3.40. The van der Waals surface area contributed by atoms with Crippen LogP contribution in [0.2, 0.25) is 0 Å². The molecule has 0 aromatic carbocycles. The molecule has 0 aromatic heterocycles. The lowest BCUT2D eigenvalue weighted by Gasteiger charge is -2.30. The Morgan fingerprint density at radius 3 is 1.67 bits per heavy atom. The highest BCUT2D eigenvalue weighted by Crippen LogP contribution is 2.36. The van der Waals surface area contributed by atoms with Gasteiger partial charge in [-0.15, -0.1) is 0 Å². The van der Waals surface area contributed by atoms with Gasteiger partial charge in [0.05, 0.1) is 0 Å². The Balaban J connectivity index is 2.31. The van der Waals surface area contributed by atoms with Crippen LogP contribution in [0.4, 0.5) is 0 Å². The molecular formula is C10H20S2. The van der Waals surface area contributed by atoms with Gasteiger partial charge < -0.3 is 0 Å². The maximum absolute atomic E-state index is 2.31. The van der Waals surface area contributed by atoms with Gasteiger partial charge in [0.15, 0.2) is 0 Å². The first-order chi connectivity index (χ1) is 5.88. The van der Waals surface area contributed by atoms with E-state index in [0.29, 0.717) is 0 Å². The number of hydrogen-bond donors (Lipinski definition) is 0. The van der Waals surface area contributed by atoms with Gasteiger partial charge in [-0.2, -0.15) is 23.5 Å². The van der Waals surface area contributed by atoms with Gasteiger partial charge in [-0.05, 0) is 12.8 Å². The Morgan fingerprint density at radius 1 is 0.917 bits per heavy atom. The van der Waals surface area contributed by atoms with Crippen LogP contribution in [0.3, 0.4) is 0 Å². The van der Waals surface area contributed by atoms with E-state index in [4.69, 9.17) is 0 Å². The molecule has 0 aromatic rings. The summed E-state index contributed by atoms with van der Waals surface area (Å²) in [4.78, 5) is 0. The third kappa shape index (κ3) is 3.21.